The standard InChI is InChI=1S/C13H15F3N6O/c14-13(15,16)12-18-5-9(6-19-12)11-8-22(21-20-11)3-1-10-7-17-2-4-23-10/h5-6,8,10,17H,1-4,7H2. The summed E-state index contributed by atoms with van der Waals surface area (Å²) in [7, 11) is 0. The molecule has 0 saturated carbocycles. The summed E-state index contributed by atoms with van der Waals surface area (Å²) >= 11 is 0. The second kappa shape index (κ2) is 6.59. The molecule has 0 aromatic carbocycles. The van der Waals surface area contributed by atoms with E-state index >= 15 is 0 Å². The first-order valence-electron chi connectivity index (χ1n) is 7.14. The molecule has 1 saturated heterocycles. The molecule has 3 heterocycles. The van der Waals surface area contributed by atoms with Crippen LogP contribution in [-0.4, -0.2) is 50.8 Å². The second-order valence-corrected chi connectivity index (χ2v) is 5.15. The first-order valence-corrected chi connectivity index (χ1v) is 7.14. The van der Waals surface area contributed by atoms with Gasteiger partial charge in [0.1, 0.15) is 5.69 Å². The molecule has 23 heavy (non-hydrogen) atoms. The molecule has 1 fully saturated rings. The van der Waals surface area contributed by atoms with Crippen LogP contribution in [0.5, 0.6) is 0 Å². The van der Waals surface area contributed by atoms with Gasteiger partial charge in [-0.1, -0.05) is 5.21 Å². The molecule has 10 heteroatoms. The summed E-state index contributed by atoms with van der Waals surface area (Å²) in [5, 5.41) is 11.1. The highest BCUT2D eigenvalue weighted by Crippen LogP contribution is 2.26. The highest BCUT2D eigenvalue weighted by Gasteiger charge is 2.34. The lowest BCUT2D eigenvalue weighted by Crippen LogP contribution is -2.38. The minimum atomic E-state index is -4.55. The Kier molecular flexibility index (Phi) is 4.53. The van der Waals surface area contributed by atoms with Crippen LogP contribution in [0.4, 0.5) is 13.2 Å². The van der Waals surface area contributed by atoms with Crippen LogP contribution in [0.1, 0.15) is 12.2 Å². The molecule has 7 nitrogen and oxygen atoms in total. The average Bonchev–Trinajstić information content (AvgIpc) is 3.02. The lowest BCUT2D eigenvalue weighted by Gasteiger charge is -2.23. The first-order chi connectivity index (χ1) is 11.0. The zero-order chi connectivity index (χ0) is 16.3. The number of morpholine rings is 1. The lowest BCUT2D eigenvalue weighted by molar-refractivity contribution is -0.144. The number of nitrogens with one attached hydrogen (secondary N) is 1. The van der Waals surface area contributed by atoms with Crippen molar-refractivity contribution in [3.05, 3.63) is 24.4 Å². The molecule has 0 aliphatic carbocycles. The van der Waals surface area contributed by atoms with Gasteiger partial charge in [0.2, 0.25) is 5.82 Å². The Morgan fingerprint density at radius 3 is 2.74 bits per heavy atom. The number of aryl methyl sites for hydroxylation is 1. The van der Waals surface area contributed by atoms with Crippen LogP contribution in [0.2, 0.25) is 0 Å². The molecule has 1 aliphatic rings. The van der Waals surface area contributed by atoms with E-state index in [0.29, 0.717) is 24.4 Å². The average molecular weight is 328 g/mol. The Labute approximate surface area is 129 Å². The van der Waals surface area contributed by atoms with Crippen molar-refractivity contribution in [2.24, 2.45) is 0 Å². The van der Waals surface area contributed by atoms with Gasteiger partial charge in [-0.25, -0.2) is 9.97 Å². The van der Waals surface area contributed by atoms with Gasteiger partial charge in [-0.2, -0.15) is 13.2 Å². The zero-order valence-corrected chi connectivity index (χ0v) is 12.1. The third-order valence-electron chi connectivity index (χ3n) is 3.42. The maximum absolute atomic E-state index is 12.4. The van der Waals surface area contributed by atoms with Crippen molar-refractivity contribution in [2.45, 2.75) is 25.2 Å². The minimum absolute atomic E-state index is 0.130. The van der Waals surface area contributed by atoms with Crippen molar-refractivity contribution < 1.29 is 17.9 Å². The molecule has 124 valence electrons. The van der Waals surface area contributed by atoms with Gasteiger partial charge >= 0.3 is 6.18 Å². The number of nitrogens with zero attached hydrogens (tertiary/aromatic N) is 5. The summed E-state index contributed by atoms with van der Waals surface area (Å²) in [5.41, 5.74) is 0.821. The monoisotopic (exact) mass is 328 g/mol. The third kappa shape index (κ3) is 4.02. The summed E-state index contributed by atoms with van der Waals surface area (Å²) in [6, 6.07) is 0. The molecule has 3 rings (SSSR count). The van der Waals surface area contributed by atoms with Gasteiger partial charge < -0.3 is 10.1 Å². The van der Waals surface area contributed by atoms with E-state index < -0.39 is 12.0 Å². The van der Waals surface area contributed by atoms with Crippen LogP contribution >= 0.6 is 0 Å². The number of hydrogen-bond donors (Lipinski definition) is 1. The summed E-state index contributed by atoms with van der Waals surface area (Å²) in [6.45, 7) is 2.96. The Bertz CT molecular complexity index is 636. The minimum Gasteiger partial charge on any atom is -0.376 e. The van der Waals surface area contributed by atoms with Crippen molar-refractivity contribution in [3.8, 4) is 11.3 Å². The van der Waals surface area contributed by atoms with E-state index in [-0.39, 0.29) is 6.10 Å². The van der Waals surface area contributed by atoms with Crippen molar-refractivity contribution in [3.63, 3.8) is 0 Å². The fourth-order valence-electron chi connectivity index (χ4n) is 2.23. The fraction of sp³-hybridized carbons (Fsp3) is 0.538. The number of aromatic nitrogens is 5. The van der Waals surface area contributed by atoms with E-state index in [1.54, 1.807) is 10.9 Å². The van der Waals surface area contributed by atoms with Crippen LogP contribution in [0.25, 0.3) is 11.3 Å². The van der Waals surface area contributed by atoms with Gasteiger partial charge in [0, 0.05) is 37.6 Å². The van der Waals surface area contributed by atoms with Crippen LogP contribution in [0.3, 0.4) is 0 Å². The smallest absolute Gasteiger partial charge is 0.376 e. The Morgan fingerprint density at radius 1 is 1.30 bits per heavy atom. The van der Waals surface area contributed by atoms with Gasteiger partial charge in [-0.15, -0.1) is 5.10 Å². The van der Waals surface area contributed by atoms with Gasteiger partial charge in [0.15, 0.2) is 0 Å². The second-order valence-electron chi connectivity index (χ2n) is 5.15. The van der Waals surface area contributed by atoms with E-state index in [4.69, 9.17) is 4.74 Å². The van der Waals surface area contributed by atoms with Gasteiger partial charge in [-0.05, 0) is 6.42 Å². The van der Waals surface area contributed by atoms with E-state index in [9.17, 15) is 13.2 Å². The van der Waals surface area contributed by atoms with Crippen LogP contribution in [0.15, 0.2) is 18.6 Å². The van der Waals surface area contributed by atoms with Gasteiger partial charge in [0.05, 0.1) is 18.9 Å². The number of rotatable bonds is 4. The SMILES string of the molecule is FC(F)(F)c1ncc(-c2cn(CCC3CNCCO3)nn2)cn1. The topological polar surface area (TPSA) is 77.8 Å². The van der Waals surface area contributed by atoms with Crippen molar-refractivity contribution in [2.75, 3.05) is 19.7 Å². The first kappa shape index (κ1) is 15.8. The van der Waals surface area contributed by atoms with Crippen molar-refractivity contribution in [1.82, 2.24) is 30.3 Å². The summed E-state index contributed by atoms with van der Waals surface area (Å²) in [5.74, 6) is -1.17. The molecule has 2 aromatic rings. The molecular formula is C13H15F3N6O. The highest BCUT2D eigenvalue weighted by molar-refractivity contribution is 5.54. The van der Waals surface area contributed by atoms with E-state index in [1.165, 1.54) is 0 Å². The Balaban J connectivity index is 1.62. The van der Waals surface area contributed by atoms with Gasteiger partial charge in [0.25, 0.3) is 0 Å². The summed E-state index contributed by atoms with van der Waals surface area (Å²) in [6.07, 6.45) is 0.202. The van der Waals surface area contributed by atoms with Gasteiger partial charge in [-0.3, -0.25) is 4.68 Å². The van der Waals surface area contributed by atoms with Crippen LogP contribution in [-0.2, 0) is 17.5 Å². The lowest BCUT2D eigenvalue weighted by atomic mass is 10.2. The Morgan fingerprint density at radius 2 is 2.09 bits per heavy atom. The zero-order valence-electron chi connectivity index (χ0n) is 12.1. The maximum Gasteiger partial charge on any atom is 0.451 e. The van der Waals surface area contributed by atoms with E-state index in [1.807, 2.05) is 0 Å². The van der Waals surface area contributed by atoms with Crippen LogP contribution in [0, 0.1) is 0 Å². The molecule has 0 bridgehead atoms. The normalized spacial score (nSPS) is 19.0. The molecule has 1 unspecified atom stereocenters. The summed E-state index contributed by atoms with van der Waals surface area (Å²) < 4.78 is 44.5. The number of ether oxygens (including phenoxy) is 1. The van der Waals surface area contributed by atoms with Crippen molar-refractivity contribution >= 4 is 0 Å². The molecule has 0 radical (unpaired) electrons. The molecular weight excluding hydrogens is 313 g/mol. The fourth-order valence-corrected chi connectivity index (χ4v) is 2.23. The maximum atomic E-state index is 12.4. The molecule has 1 atom stereocenters. The van der Waals surface area contributed by atoms with E-state index in [2.05, 4.69) is 25.6 Å². The highest BCUT2D eigenvalue weighted by atomic mass is 19.4. The largest absolute Gasteiger partial charge is 0.451 e. The number of alkyl halides is 3. The number of halogens is 3. The molecule has 1 N–H and O–H groups in total. The number of hydrogen-bond acceptors (Lipinski definition) is 6. The molecule has 2 aromatic heterocycles. The predicted octanol–water partition coefficient (Wildman–Crippen LogP) is 1.13. The molecule has 0 amide bonds. The third-order valence-corrected chi connectivity index (χ3v) is 3.42. The van der Waals surface area contributed by atoms with E-state index in [0.717, 1.165) is 31.9 Å². The van der Waals surface area contributed by atoms with Crippen molar-refractivity contribution in [1.29, 1.82) is 0 Å². The Hall–Kier alpha value is -2.07. The van der Waals surface area contributed by atoms with Crippen LogP contribution < -0.4 is 5.32 Å². The molecule has 1 aliphatic heterocycles. The summed E-state index contributed by atoms with van der Waals surface area (Å²) in [4.78, 5) is 6.63. The quantitative estimate of drug-likeness (QED) is 0.907. The predicted molar refractivity (Wildman–Crippen MR) is 73.3 cm³/mol. The molecule has 0 spiro atoms.